The van der Waals surface area contributed by atoms with E-state index in [1.807, 2.05) is 41.3 Å². The smallest absolute Gasteiger partial charge is 0.230 e. The first-order valence-corrected chi connectivity index (χ1v) is 9.52. The predicted molar refractivity (Wildman–Crippen MR) is 105 cm³/mol. The van der Waals surface area contributed by atoms with E-state index in [4.69, 9.17) is 0 Å². The summed E-state index contributed by atoms with van der Waals surface area (Å²) in [6, 6.07) is 11.9. The van der Waals surface area contributed by atoms with Gasteiger partial charge in [0.15, 0.2) is 5.82 Å². The van der Waals surface area contributed by atoms with Crippen LogP contribution in [0.25, 0.3) is 5.82 Å². The van der Waals surface area contributed by atoms with E-state index in [9.17, 15) is 4.79 Å². The van der Waals surface area contributed by atoms with Crippen molar-refractivity contribution in [1.82, 2.24) is 29.6 Å². The number of anilines is 1. The monoisotopic (exact) mass is 377 g/mol. The Morgan fingerprint density at radius 3 is 2.46 bits per heavy atom. The molecule has 0 radical (unpaired) electrons. The zero-order valence-electron chi connectivity index (χ0n) is 15.8. The molecule has 1 atom stereocenters. The number of amides is 1. The molecule has 1 aliphatic heterocycles. The van der Waals surface area contributed by atoms with Crippen LogP contribution in [0.3, 0.4) is 0 Å². The second kappa shape index (κ2) is 8.16. The lowest BCUT2D eigenvalue weighted by Crippen LogP contribution is -2.50. The second-order valence-corrected chi connectivity index (χ2v) is 6.76. The van der Waals surface area contributed by atoms with E-state index < -0.39 is 0 Å². The molecule has 0 spiro atoms. The van der Waals surface area contributed by atoms with Gasteiger partial charge in [-0.05, 0) is 12.0 Å². The lowest BCUT2D eigenvalue weighted by molar-refractivity contribution is -0.133. The molecule has 0 N–H and O–H groups in total. The van der Waals surface area contributed by atoms with Crippen molar-refractivity contribution in [2.45, 2.75) is 19.3 Å². The summed E-state index contributed by atoms with van der Waals surface area (Å²) in [5.41, 5.74) is 1.09. The standard InChI is InChI=1S/C20H23N7O/c1-2-17(16-6-4-3-5-7-16)20(28)26-10-8-25(9-11-26)18-12-19(23-14-22-18)27-15-21-13-24-27/h3-7,12-15,17H,2,8-11H2,1H3. The summed E-state index contributed by atoms with van der Waals surface area (Å²) in [5, 5.41) is 4.11. The van der Waals surface area contributed by atoms with Crippen LogP contribution in [0.1, 0.15) is 24.8 Å². The predicted octanol–water partition coefficient (Wildman–Crippen LogP) is 1.90. The van der Waals surface area contributed by atoms with E-state index in [0.29, 0.717) is 18.9 Å². The highest BCUT2D eigenvalue weighted by Crippen LogP contribution is 2.23. The van der Waals surface area contributed by atoms with E-state index in [1.165, 1.54) is 12.7 Å². The maximum absolute atomic E-state index is 13.0. The first kappa shape index (κ1) is 18.1. The van der Waals surface area contributed by atoms with Crippen molar-refractivity contribution in [3.8, 4) is 5.82 Å². The largest absolute Gasteiger partial charge is 0.353 e. The molecule has 8 heteroatoms. The molecule has 0 bridgehead atoms. The van der Waals surface area contributed by atoms with Crippen LogP contribution in [0.2, 0.25) is 0 Å². The van der Waals surface area contributed by atoms with Gasteiger partial charge in [-0.1, -0.05) is 37.3 Å². The number of carbonyl (C=O) groups is 1. The van der Waals surface area contributed by atoms with Gasteiger partial charge in [-0.2, -0.15) is 5.10 Å². The molecule has 8 nitrogen and oxygen atoms in total. The van der Waals surface area contributed by atoms with E-state index in [2.05, 4.69) is 31.9 Å². The molecular weight excluding hydrogens is 354 g/mol. The number of hydrogen-bond acceptors (Lipinski definition) is 6. The van der Waals surface area contributed by atoms with Gasteiger partial charge in [0.25, 0.3) is 0 Å². The summed E-state index contributed by atoms with van der Waals surface area (Å²) in [5.74, 6) is 1.64. The minimum absolute atomic E-state index is 0.0780. The molecule has 0 aliphatic carbocycles. The molecule has 3 aromatic rings. The van der Waals surface area contributed by atoms with Crippen molar-refractivity contribution < 1.29 is 4.79 Å². The normalized spacial score (nSPS) is 15.5. The molecule has 1 fully saturated rings. The quantitative estimate of drug-likeness (QED) is 0.676. The molecule has 0 saturated carbocycles. The fraction of sp³-hybridized carbons (Fsp3) is 0.350. The molecule has 3 heterocycles. The average Bonchev–Trinajstić information content (AvgIpc) is 3.30. The number of carbonyl (C=O) groups excluding carboxylic acids is 1. The van der Waals surface area contributed by atoms with Gasteiger partial charge in [0.05, 0.1) is 5.92 Å². The van der Waals surface area contributed by atoms with Crippen LogP contribution in [0.4, 0.5) is 5.82 Å². The third-order valence-electron chi connectivity index (χ3n) is 5.12. The Balaban J connectivity index is 1.42. The highest BCUT2D eigenvalue weighted by atomic mass is 16.2. The van der Waals surface area contributed by atoms with Gasteiger partial charge < -0.3 is 9.80 Å². The molecule has 1 aromatic carbocycles. The van der Waals surface area contributed by atoms with Gasteiger partial charge in [-0.25, -0.2) is 19.6 Å². The number of benzene rings is 1. The zero-order valence-corrected chi connectivity index (χ0v) is 15.8. The van der Waals surface area contributed by atoms with Crippen molar-refractivity contribution >= 4 is 11.7 Å². The highest BCUT2D eigenvalue weighted by molar-refractivity contribution is 5.84. The van der Waals surface area contributed by atoms with Gasteiger partial charge in [0, 0.05) is 32.2 Å². The van der Waals surface area contributed by atoms with Gasteiger partial charge in [-0.15, -0.1) is 0 Å². The van der Waals surface area contributed by atoms with Crippen LogP contribution < -0.4 is 4.90 Å². The maximum atomic E-state index is 13.0. The molecule has 4 rings (SSSR count). The average molecular weight is 377 g/mol. The Hall–Kier alpha value is -3.29. The van der Waals surface area contributed by atoms with Crippen LogP contribution in [-0.4, -0.2) is 61.7 Å². The highest BCUT2D eigenvalue weighted by Gasteiger charge is 2.28. The van der Waals surface area contributed by atoms with E-state index in [0.717, 1.165) is 30.9 Å². The molecule has 28 heavy (non-hydrogen) atoms. The van der Waals surface area contributed by atoms with E-state index in [-0.39, 0.29) is 11.8 Å². The van der Waals surface area contributed by atoms with Crippen molar-refractivity contribution in [2.24, 2.45) is 0 Å². The molecule has 1 amide bonds. The van der Waals surface area contributed by atoms with Crippen LogP contribution in [0.15, 0.2) is 55.4 Å². The Kier molecular flexibility index (Phi) is 5.27. The lowest BCUT2D eigenvalue weighted by atomic mass is 9.95. The third-order valence-corrected chi connectivity index (χ3v) is 5.12. The fourth-order valence-corrected chi connectivity index (χ4v) is 3.58. The summed E-state index contributed by atoms with van der Waals surface area (Å²) >= 11 is 0. The second-order valence-electron chi connectivity index (χ2n) is 6.76. The number of piperazine rings is 1. The fourth-order valence-electron chi connectivity index (χ4n) is 3.58. The zero-order chi connectivity index (χ0) is 19.3. The van der Waals surface area contributed by atoms with Crippen LogP contribution >= 0.6 is 0 Å². The number of nitrogens with zero attached hydrogens (tertiary/aromatic N) is 7. The minimum atomic E-state index is -0.0780. The Morgan fingerprint density at radius 2 is 1.79 bits per heavy atom. The van der Waals surface area contributed by atoms with Crippen molar-refractivity contribution in [2.75, 3.05) is 31.1 Å². The summed E-state index contributed by atoms with van der Waals surface area (Å²) in [6.45, 7) is 4.92. The van der Waals surface area contributed by atoms with Gasteiger partial charge in [0.2, 0.25) is 5.91 Å². The summed E-state index contributed by atoms with van der Waals surface area (Å²) in [6.07, 6.45) is 5.42. The van der Waals surface area contributed by atoms with Crippen molar-refractivity contribution in [3.63, 3.8) is 0 Å². The summed E-state index contributed by atoms with van der Waals surface area (Å²) < 4.78 is 1.61. The molecule has 1 saturated heterocycles. The van der Waals surface area contributed by atoms with Crippen LogP contribution in [-0.2, 0) is 4.79 Å². The first-order valence-electron chi connectivity index (χ1n) is 9.52. The molecule has 1 unspecified atom stereocenters. The Morgan fingerprint density at radius 1 is 1.04 bits per heavy atom. The van der Waals surface area contributed by atoms with Crippen molar-refractivity contribution in [3.05, 3.63) is 60.9 Å². The molecular formula is C20H23N7O. The molecule has 144 valence electrons. The Labute approximate surface area is 163 Å². The molecule has 1 aliphatic rings. The minimum Gasteiger partial charge on any atom is -0.353 e. The Bertz CT molecular complexity index is 905. The van der Waals surface area contributed by atoms with Crippen molar-refractivity contribution in [1.29, 1.82) is 0 Å². The van der Waals surface area contributed by atoms with E-state index >= 15 is 0 Å². The van der Waals surface area contributed by atoms with E-state index in [1.54, 1.807) is 11.0 Å². The third kappa shape index (κ3) is 3.71. The topological polar surface area (TPSA) is 80.0 Å². The van der Waals surface area contributed by atoms with Gasteiger partial charge >= 0.3 is 0 Å². The van der Waals surface area contributed by atoms with Crippen LogP contribution in [0, 0.1) is 0 Å². The van der Waals surface area contributed by atoms with Gasteiger partial charge in [0.1, 0.15) is 24.8 Å². The SMILES string of the molecule is CCC(C(=O)N1CCN(c2cc(-n3cncn3)ncn2)CC1)c1ccccc1. The molecule has 2 aromatic heterocycles. The summed E-state index contributed by atoms with van der Waals surface area (Å²) in [4.78, 5) is 29.8. The van der Waals surface area contributed by atoms with Crippen LogP contribution in [0.5, 0.6) is 0 Å². The number of hydrogen-bond donors (Lipinski definition) is 0. The van der Waals surface area contributed by atoms with Gasteiger partial charge in [-0.3, -0.25) is 4.79 Å². The first-order chi connectivity index (χ1) is 13.8. The lowest BCUT2D eigenvalue weighted by Gasteiger charge is -2.37. The maximum Gasteiger partial charge on any atom is 0.230 e. The summed E-state index contributed by atoms with van der Waals surface area (Å²) in [7, 11) is 0. The number of aromatic nitrogens is 5. The number of rotatable bonds is 5.